The Kier molecular flexibility index (Phi) is 3.43. The number of hydrogen-bond donors (Lipinski definition) is 0. The molecular formula is C12H8S4. The highest BCUT2D eigenvalue weighted by atomic mass is 33.1. The molecule has 0 N–H and O–H groups in total. The Morgan fingerprint density at radius 1 is 0.375 bits per heavy atom. The van der Waals surface area contributed by atoms with Gasteiger partial charge in [0.25, 0.3) is 0 Å². The molecule has 0 spiro atoms. The van der Waals surface area contributed by atoms with E-state index in [0.29, 0.717) is 0 Å². The minimum Gasteiger partial charge on any atom is -0.0526 e. The summed E-state index contributed by atoms with van der Waals surface area (Å²) in [5, 5.41) is 0. The highest BCUT2D eigenvalue weighted by Gasteiger charge is 2.03. The fourth-order valence-corrected chi connectivity index (χ4v) is 5.16. The maximum atomic E-state index is 2.19. The second-order valence-electron chi connectivity index (χ2n) is 3.28. The summed E-state index contributed by atoms with van der Waals surface area (Å²) in [5.41, 5.74) is 0. The van der Waals surface area contributed by atoms with E-state index in [1.807, 2.05) is 43.2 Å². The lowest BCUT2D eigenvalue weighted by atomic mass is 10.4. The van der Waals surface area contributed by atoms with Gasteiger partial charge in [-0.1, -0.05) is 43.2 Å². The molecule has 0 aliphatic carbocycles. The van der Waals surface area contributed by atoms with E-state index in [2.05, 4.69) is 48.5 Å². The van der Waals surface area contributed by atoms with Crippen LogP contribution in [0, 0.1) is 0 Å². The molecule has 0 nitrogen and oxygen atoms in total. The first kappa shape index (κ1) is 11.0. The van der Waals surface area contributed by atoms with E-state index >= 15 is 0 Å². The van der Waals surface area contributed by atoms with Gasteiger partial charge in [0.2, 0.25) is 0 Å². The first-order chi connectivity index (χ1) is 7.90. The maximum absolute atomic E-state index is 2.19. The van der Waals surface area contributed by atoms with Gasteiger partial charge in [0, 0.05) is 19.6 Å². The molecule has 0 saturated heterocycles. The maximum Gasteiger partial charge on any atom is 0.0187 e. The van der Waals surface area contributed by atoms with Crippen molar-refractivity contribution in [3.8, 4) is 0 Å². The minimum absolute atomic E-state index is 1.31. The first-order valence-corrected chi connectivity index (χ1v) is 9.09. The summed E-state index contributed by atoms with van der Waals surface area (Å²) in [5.74, 6) is 0. The van der Waals surface area contributed by atoms with Crippen molar-refractivity contribution in [3.05, 3.63) is 48.5 Å². The molecule has 4 heterocycles. The van der Waals surface area contributed by atoms with Crippen LogP contribution >= 0.6 is 43.2 Å². The van der Waals surface area contributed by atoms with Gasteiger partial charge >= 0.3 is 0 Å². The molecule has 2 aromatic rings. The average Bonchev–Trinajstić information content (AvgIpc) is 2.33. The van der Waals surface area contributed by atoms with E-state index in [1.54, 1.807) is 0 Å². The third kappa shape index (κ3) is 2.56. The largest absolute Gasteiger partial charge is 0.0526 e. The summed E-state index contributed by atoms with van der Waals surface area (Å²) in [7, 11) is 7.25. The van der Waals surface area contributed by atoms with Gasteiger partial charge in [-0.05, 0) is 48.5 Å². The van der Waals surface area contributed by atoms with E-state index in [9.17, 15) is 0 Å². The first-order valence-electron chi connectivity index (χ1n) is 4.79. The summed E-state index contributed by atoms with van der Waals surface area (Å²) < 4.78 is 0. The lowest BCUT2D eigenvalue weighted by Gasteiger charge is -2.07. The Hall–Kier alpha value is -0.160. The van der Waals surface area contributed by atoms with E-state index < -0.39 is 0 Å². The van der Waals surface area contributed by atoms with Gasteiger partial charge in [0.1, 0.15) is 0 Å². The average molecular weight is 280 g/mol. The van der Waals surface area contributed by atoms with Crippen molar-refractivity contribution < 1.29 is 0 Å². The van der Waals surface area contributed by atoms with Crippen LogP contribution in [0.25, 0.3) is 0 Å². The van der Waals surface area contributed by atoms with Crippen LogP contribution in [0.15, 0.2) is 68.1 Å². The van der Waals surface area contributed by atoms with Gasteiger partial charge in [-0.2, -0.15) is 0 Å². The molecule has 0 saturated carbocycles. The highest BCUT2D eigenvalue weighted by Crippen LogP contribution is 2.43. The molecule has 0 atom stereocenters. The zero-order chi connectivity index (χ0) is 10.8. The van der Waals surface area contributed by atoms with Crippen molar-refractivity contribution in [2.75, 3.05) is 0 Å². The summed E-state index contributed by atoms with van der Waals surface area (Å²) in [6, 6.07) is 17.5. The van der Waals surface area contributed by atoms with Crippen LogP contribution in [0.2, 0.25) is 0 Å². The SMILES string of the molecule is c1cc2ccc1SSc1ccc(cc1)SS2. The van der Waals surface area contributed by atoms with E-state index in [-0.39, 0.29) is 0 Å². The Labute approximate surface area is 111 Å². The second kappa shape index (κ2) is 5.00. The van der Waals surface area contributed by atoms with Gasteiger partial charge in [-0.25, -0.2) is 0 Å². The monoisotopic (exact) mass is 280 g/mol. The van der Waals surface area contributed by atoms with Crippen molar-refractivity contribution in [1.29, 1.82) is 0 Å². The van der Waals surface area contributed by atoms with E-state index in [4.69, 9.17) is 0 Å². The molecule has 0 radical (unpaired) electrons. The van der Waals surface area contributed by atoms with Gasteiger partial charge in [0.05, 0.1) is 0 Å². The normalized spacial score (nSPS) is 14.5. The fraction of sp³-hybridized carbons (Fsp3) is 0. The Morgan fingerprint density at radius 3 is 0.750 bits per heavy atom. The van der Waals surface area contributed by atoms with Crippen LogP contribution < -0.4 is 0 Å². The summed E-state index contributed by atoms with van der Waals surface area (Å²) in [4.78, 5) is 5.24. The van der Waals surface area contributed by atoms with Crippen LogP contribution in [0.4, 0.5) is 0 Å². The molecule has 0 unspecified atom stereocenters. The molecule has 0 fully saturated rings. The lowest BCUT2D eigenvalue weighted by Crippen LogP contribution is -1.75. The van der Waals surface area contributed by atoms with Gasteiger partial charge in [-0.15, -0.1) is 0 Å². The number of rotatable bonds is 0. The zero-order valence-electron chi connectivity index (χ0n) is 8.25. The van der Waals surface area contributed by atoms with Crippen LogP contribution in [-0.4, -0.2) is 0 Å². The standard InChI is InChI=1S/C12H8S4/c1-2-10-4-3-9(1)13-15-11-5-7-12(8-6-11)16-14-10/h1-8H. The Balaban J connectivity index is 1.97. The fourth-order valence-electron chi connectivity index (χ4n) is 1.29. The molecule has 4 bridgehead atoms. The summed E-state index contributed by atoms with van der Waals surface area (Å²) in [6.45, 7) is 0. The molecule has 80 valence electrons. The van der Waals surface area contributed by atoms with Crippen molar-refractivity contribution in [2.45, 2.75) is 19.6 Å². The van der Waals surface area contributed by atoms with E-state index in [0.717, 1.165) is 0 Å². The van der Waals surface area contributed by atoms with Crippen LogP contribution in [0.3, 0.4) is 0 Å². The van der Waals surface area contributed by atoms with Gasteiger partial charge in [0.15, 0.2) is 0 Å². The third-order valence-corrected chi connectivity index (χ3v) is 6.95. The molecular weight excluding hydrogens is 272 g/mol. The quantitative estimate of drug-likeness (QED) is 0.576. The smallest absolute Gasteiger partial charge is 0.0187 e. The predicted octanol–water partition coefficient (Wildman–Crippen LogP) is 5.60. The number of hydrogen-bond acceptors (Lipinski definition) is 4. The summed E-state index contributed by atoms with van der Waals surface area (Å²) in [6.07, 6.45) is 0. The second-order valence-corrected chi connectivity index (χ2v) is 7.83. The summed E-state index contributed by atoms with van der Waals surface area (Å²) >= 11 is 0. The molecule has 2 aromatic carbocycles. The topological polar surface area (TPSA) is 0 Å². The van der Waals surface area contributed by atoms with Crippen molar-refractivity contribution in [1.82, 2.24) is 0 Å². The van der Waals surface area contributed by atoms with Gasteiger partial charge in [-0.3, -0.25) is 0 Å². The van der Waals surface area contributed by atoms with Crippen LogP contribution in [0.5, 0.6) is 0 Å². The third-order valence-electron chi connectivity index (χ3n) is 2.12. The Bertz CT molecular complexity index is 382. The molecule has 4 aliphatic rings. The minimum atomic E-state index is 1.31. The molecule has 4 heteroatoms. The molecule has 16 heavy (non-hydrogen) atoms. The number of benzene rings is 2. The Morgan fingerprint density at radius 2 is 0.562 bits per heavy atom. The van der Waals surface area contributed by atoms with Crippen molar-refractivity contribution in [2.24, 2.45) is 0 Å². The van der Waals surface area contributed by atoms with Gasteiger partial charge < -0.3 is 0 Å². The highest BCUT2D eigenvalue weighted by molar-refractivity contribution is 8.77. The van der Waals surface area contributed by atoms with Crippen molar-refractivity contribution in [3.63, 3.8) is 0 Å². The molecule has 0 aromatic heterocycles. The van der Waals surface area contributed by atoms with Crippen molar-refractivity contribution >= 4 is 43.2 Å². The van der Waals surface area contributed by atoms with Crippen LogP contribution in [0.1, 0.15) is 0 Å². The lowest BCUT2D eigenvalue weighted by molar-refractivity contribution is 1.35. The zero-order valence-corrected chi connectivity index (χ0v) is 11.5. The van der Waals surface area contributed by atoms with E-state index in [1.165, 1.54) is 19.6 Å². The van der Waals surface area contributed by atoms with Crippen LogP contribution in [-0.2, 0) is 0 Å². The molecule has 4 aliphatic heterocycles. The predicted molar refractivity (Wildman–Crippen MR) is 76.3 cm³/mol. The molecule has 0 amide bonds. The molecule has 6 rings (SSSR count).